The number of nitrogens with zero attached hydrogens (tertiary/aromatic N) is 1. The highest BCUT2D eigenvalue weighted by atomic mass is 35.6. The number of hydrogen-bond acceptors (Lipinski definition) is 1. The highest BCUT2D eigenvalue weighted by Gasteiger charge is 2.03. The van der Waals surface area contributed by atoms with Gasteiger partial charge in [-0.2, -0.15) is 0 Å². The molecule has 0 bridgehead atoms. The molecule has 0 rings (SSSR count). The molecule has 0 aromatic heterocycles. The molecule has 0 heterocycles. The first-order chi connectivity index (χ1) is 4.54. The van der Waals surface area contributed by atoms with Crippen molar-refractivity contribution in [3.05, 3.63) is 11.8 Å². The molecule has 0 aliphatic heterocycles. The number of halogens is 1. The van der Waals surface area contributed by atoms with Crippen LogP contribution in [-0.4, -0.2) is 26.9 Å². The van der Waals surface area contributed by atoms with E-state index < -0.39 is 8.27 Å². The predicted molar refractivity (Wildman–Crippen MR) is 50.7 cm³/mol. The third kappa shape index (κ3) is 5.03. The molecule has 3 heteroatoms. The molecule has 10 heavy (non-hydrogen) atoms. The van der Waals surface area contributed by atoms with Gasteiger partial charge in [0, 0.05) is 0 Å². The Bertz CT molecular complexity index is 112. The normalized spacial score (nSPS) is 15.5. The van der Waals surface area contributed by atoms with Crippen LogP contribution >= 0.6 is 11.1 Å². The molecule has 0 aliphatic carbocycles. The van der Waals surface area contributed by atoms with Gasteiger partial charge in [-0.25, -0.2) is 0 Å². The minimum atomic E-state index is -1.21. The second kappa shape index (κ2) is 4.94. The molecule has 0 N–H and O–H groups in total. The highest BCUT2D eigenvalue weighted by molar-refractivity contribution is 7.08. The van der Waals surface area contributed by atoms with E-state index in [9.17, 15) is 0 Å². The molecule has 0 amide bonds. The zero-order valence-electron chi connectivity index (χ0n) is 7.13. The van der Waals surface area contributed by atoms with E-state index in [1.807, 2.05) is 14.1 Å². The fourth-order valence-corrected chi connectivity index (χ4v) is 1.71. The maximum Gasteiger partial charge on any atom is 0.237 e. The van der Waals surface area contributed by atoms with Crippen molar-refractivity contribution in [1.82, 2.24) is 4.57 Å². The smallest absolute Gasteiger partial charge is 0.237 e. The van der Waals surface area contributed by atoms with Crippen LogP contribution < -0.4 is 0 Å². The molecule has 0 saturated heterocycles. The number of rotatable bonds is 3. The zero-order chi connectivity index (χ0) is 8.15. The molecule has 0 saturated carbocycles. The standard InChI is InChI=1S/C7H16ClNSi/c1-7(2)5-6-10(8)9(3)4/h5-7,10H,1-4H3. The fourth-order valence-electron chi connectivity index (χ4n) is 0.486. The van der Waals surface area contributed by atoms with Gasteiger partial charge in [-0.05, 0) is 20.0 Å². The maximum atomic E-state index is 6.04. The first-order valence-corrected chi connectivity index (χ1v) is 6.45. The second-order valence-corrected chi connectivity index (χ2v) is 6.47. The van der Waals surface area contributed by atoms with Crippen LogP contribution in [-0.2, 0) is 0 Å². The summed E-state index contributed by atoms with van der Waals surface area (Å²) >= 11 is 6.04. The van der Waals surface area contributed by atoms with Gasteiger partial charge in [0.05, 0.1) is 0 Å². The summed E-state index contributed by atoms with van der Waals surface area (Å²) in [6.45, 7) is 4.31. The minimum absolute atomic E-state index is 0.619. The van der Waals surface area contributed by atoms with Crippen LogP contribution in [0.3, 0.4) is 0 Å². The first-order valence-electron chi connectivity index (χ1n) is 3.53. The summed E-state index contributed by atoms with van der Waals surface area (Å²) in [4.78, 5) is 0. The van der Waals surface area contributed by atoms with Crippen LogP contribution in [0.5, 0.6) is 0 Å². The van der Waals surface area contributed by atoms with E-state index in [2.05, 4.69) is 30.2 Å². The number of allylic oxidation sites excluding steroid dienone is 1. The van der Waals surface area contributed by atoms with Gasteiger partial charge in [0.1, 0.15) is 0 Å². The van der Waals surface area contributed by atoms with Crippen molar-refractivity contribution in [1.29, 1.82) is 0 Å². The van der Waals surface area contributed by atoms with Crippen molar-refractivity contribution in [2.24, 2.45) is 5.92 Å². The molecule has 0 aromatic rings. The van der Waals surface area contributed by atoms with Crippen LogP contribution in [0.4, 0.5) is 0 Å². The van der Waals surface area contributed by atoms with Gasteiger partial charge >= 0.3 is 0 Å². The van der Waals surface area contributed by atoms with Crippen LogP contribution in [0, 0.1) is 5.92 Å². The Hall–Kier alpha value is 0.207. The van der Waals surface area contributed by atoms with Crippen LogP contribution in [0.25, 0.3) is 0 Å². The second-order valence-electron chi connectivity index (χ2n) is 2.97. The van der Waals surface area contributed by atoms with E-state index in [0.29, 0.717) is 5.92 Å². The minimum Gasteiger partial charge on any atom is -0.317 e. The van der Waals surface area contributed by atoms with Crippen molar-refractivity contribution in [2.75, 3.05) is 14.1 Å². The summed E-state index contributed by atoms with van der Waals surface area (Å²) in [6, 6.07) is 0. The highest BCUT2D eigenvalue weighted by Crippen LogP contribution is 1.99. The van der Waals surface area contributed by atoms with E-state index in [-0.39, 0.29) is 0 Å². The third-order valence-corrected chi connectivity index (χ3v) is 4.28. The van der Waals surface area contributed by atoms with E-state index >= 15 is 0 Å². The lowest BCUT2D eigenvalue weighted by Crippen LogP contribution is -2.25. The van der Waals surface area contributed by atoms with Crippen molar-refractivity contribution in [3.63, 3.8) is 0 Å². The van der Waals surface area contributed by atoms with Crippen LogP contribution in [0.2, 0.25) is 0 Å². The molecule has 0 aromatic carbocycles. The summed E-state index contributed by atoms with van der Waals surface area (Å²) < 4.78 is 2.10. The molecule has 1 nitrogen and oxygen atoms in total. The first kappa shape index (κ1) is 10.2. The summed E-state index contributed by atoms with van der Waals surface area (Å²) in [5.74, 6) is 0.619. The van der Waals surface area contributed by atoms with E-state index in [1.165, 1.54) is 0 Å². The Kier molecular flexibility index (Phi) is 5.04. The Balaban J connectivity index is 3.66. The largest absolute Gasteiger partial charge is 0.317 e. The van der Waals surface area contributed by atoms with E-state index in [4.69, 9.17) is 11.1 Å². The Morgan fingerprint density at radius 1 is 1.40 bits per heavy atom. The van der Waals surface area contributed by atoms with Gasteiger partial charge in [-0.3, -0.25) is 0 Å². The Morgan fingerprint density at radius 2 is 1.90 bits per heavy atom. The average Bonchev–Trinajstić information content (AvgIpc) is 1.82. The SMILES string of the molecule is CC(C)C=C[SiH](Cl)N(C)C. The third-order valence-electron chi connectivity index (χ3n) is 1.15. The van der Waals surface area contributed by atoms with Gasteiger partial charge in [-0.1, -0.05) is 25.6 Å². The fraction of sp³-hybridized carbons (Fsp3) is 0.714. The van der Waals surface area contributed by atoms with Crippen molar-refractivity contribution >= 4 is 19.3 Å². The van der Waals surface area contributed by atoms with Crippen LogP contribution in [0.15, 0.2) is 11.8 Å². The molecular weight excluding hydrogens is 162 g/mol. The van der Waals surface area contributed by atoms with E-state index in [1.54, 1.807) is 0 Å². The Morgan fingerprint density at radius 3 is 2.20 bits per heavy atom. The molecule has 0 aliphatic rings. The van der Waals surface area contributed by atoms with Crippen molar-refractivity contribution in [3.8, 4) is 0 Å². The summed E-state index contributed by atoms with van der Waals surface area (Å²) in [5.41, 5.74) is 2.15. The lowest BCUT2D eigenvalue weighted by molar-refractivity contribution is 0.661. The number of hydrogen-bond donors (Lipinski definition) is 0. The monoisotopic (exact) mass is 177 g/mol. The van der Waals surface area contributed by atoms with Crippen molar-refractivity contribution in [2.45, 2.75) is 13.8 Å². The molecule has 0 spiro atoms. The topological polar surface area (TPSA) is 3.24 Å². The molecular formula is C7H16ClNSi. The van der Waals surface area contributed by atoms with Gasteiger partial charge in [0.15, 0.2) is 0 Å². The lowest BCUT2D eigenvalue weighted by Gasteiger charge is -2.11. The molecule has 60 valence electrons. The van der Waals surface area contributed by atoms with Gasteiger partial charge in [-0.15, -0.1) is 11.1 Å². The maximum absolute atomic E-state index is 6.04. The van der Waals surface area contributed by atoms with Crippen LogP contribution in [0.1, 0.15) is 13.8 Å². The van der Waals surface area contributed by atoms with Gasteiger partial charge in [0.25, 0.3) is 0 Å². The van der Waals surface area contributed by atoms with Gasteiger partial charge < -0.3 is 4.57 Å². The van der Waals surface area contributed by atoms with Gasteiger partial charge in [0.2, 0.25) is 8.27 Å². The molecule has 0 fully saturated rings. The zero-order valence-corrected chi connectivity index (χ0v) is 9.05. The molecule has 1 atom stereocenters. The average molecular weight is 178 g/mol. The quantitative estimate of drug-likeness (QED) is 0.469. The molecule has 1 unspecified atom stereocenters. The Labute approximate surface area is 70.1 Å². The summed E-state index contributed by atoms with van der Waals surface area (Å²) in [7, 11) is 2.84. The van der Waals surface area contributed by atoms with E-state index in [0.717, 1.165) is 0 Å². The summed E-state index contributed by atoms with van der Waals surface area (Å²) in [5, 5.41) is 0. The van der Waals surface area contributed by atoms with Crippen molar-refractivity contribution < 1.29 is 0 Å². The predicted octanol–water partition coefficient (Wildman–Crippen LogP) is 1.76. The molecule has 0 radical (unpaired) electrons. The lowest BCUT2D eigenvalue weighted by atomic mass is 10.2. The summed E-state index contributed by atoms with van der Waals surface area (Å²) in [6.07, 6.45) is 2.17.